The van der Waals surface area contributed by atoms with Crippen molar-refractivity contribution in [1.29, 1.82) is 0 Å². The Morgan fingerprint density at radius 3 is 2.80 bits per heavy atom. The molecule has 1 fully saturated rings. The molecular weight excluding hydrogens is 279 g/mol. The van der Waals surface area contributed by atoms with E-state index in [1.54, 1.807) is 6.92 Å². The molecule has 1 aromatic carbocycles. The molecule has 1 saturated heterocycles. The molecule has 1 heterocycles. The molecule has 0 aromatic heterocycles. The molecule has 1 aromatic rings. The summed E-state index contributed by atoms with van der Waals surface area (Å²) in [6.07, 6.45) is 2.73. The number of hydrogen-bond donors (Lipinski definition) is 1. The molecule has 0 saturated carbocycles. The van der Waals surface area contributed by atoms with Crippen LogP contribution in [0.5, 0.6) is 0 Å². The number of sulfonamides is 1. The first-order valence-electron chi connectivity index (χ1n) is 6.89. The van der Waals surface area contributed by atoms with Crippen LogP contribution in [0, 0.1) is 12.7 Å². The molecule has 1 N–H and O–H groups in total. The normalized spacial score (nSPS) is 21.1. The van der Waals surface area contributed by atoms with Gasteiger partial charge < -0.3 is 5.32 Å². The first kappa shape index (κ1) is 15.4. The van der Waals surface area contributed by atoms with E-state index in [1.165, 1.54) is 16.4 Å². The fraction of sp³-hybridized carbons (Fsp3) is 0.571. The van der Waals surface area contributed by atoms with Crippen molar-refractivity contribution in [3.63, 3.8) is 0 Å². The van der Waals surface area contributed by atoms with Gasteiger partial charge in [-0.15, -0.1) is 0 Å². The highest BCUT2D eigenvalue weighted by Gasteiger charge is 2.33. The van der Waals surface area contributed by atoms with E-state index < -0.39 is 15.8 Å². The molecule has 1 aliphatic rings. The number of nitrogens with zero attached hydrogens (tertiary/aromatic N) is 1. The third-order valence-corrected chi connectivity index (χ3v) is 5.71. The molecule has 0 spiro atoms. The summed E-state index contributed by atoms with van der Waals surface area (Å²) in [5.41, 5.74) is 0.453. The van der Waals surface area contributed by atoms with Crippen LogP contribution in [-0.4, -0.2) is 38.9 Å². The van der Waals surface area contributed by atoms with Crippen molar-refractivity contribution < 1.29 is 12.8 Å². The lowest BCUT2D eigenvalue weighted by Gasteiger charge is -2.34. The van der Waals surface area contributed by atoms with Gasteiger partial charge in [0.15, 0.2) is 0 Å². The van der Waals surface area contributed by atoms with E-state index in [4.69, 9.17) is 0 Å². The van der Waals surface area contributed by atoms with Crippen molar-refractivity contribution in [3.05, 3.63) is 29.6 Å². The number of nitrogens with one attached hydrogen (secondary N) is 1. The molecule has 6 heteroatoms. The van der Waals surface area contributed by atoms with Gasteiger partial charge in [0.1, 0.15) is 5.82 Å². The predicted molar refractivity (Wildman–Crippen MR) is 76.6 cm³/mol. The van der Waals surface area contributed by atoms with E-state index in [9.17, 15) is 12.8 Å². The van der Waals surface area contributed by atoms with Gasteiger partial charge >= 0.3 is 0 Å². The maximum absolute atomic E-state index is 13.6. The van der Waals surface area contributed by atoms with E-state index in [-0.39, 0.29) is 10.9 Å². The number of piperidine rings is 1. The molecule has 1 atom stereocenters. The van der Waals surface area contributed by atoms with Crippen LogP contribution < -0.4 is 5.32 Å². The number of aryl methyl sites for hydroxylation is 1. The van der Waals surface area contributed by atoms with Gasteiger partial charge in [-0.2, -0.15) is 4.31 Å². The zero-order valence-corrected chi connectivity index (χ0v) is 12.7. The number of likely N-dealkylation sites (N-methyl/N-ethyl adjacent to an activating group) is 1. The Morgan fingerprint density at radius 1 is 1.40 bits per heavy atom. The lowest BCUT2D eigenvalue weighted by atomic mass is 10.1. The van der Waals surface area contributed by atoms with Gasteiger partial charge in [-0.05, 0) is 44.5 Å². The summed E-state index contributed by atoms with van der Waals surface area (Å²) in [5.74, 6) is -0.478. The van der Waals surface area contributed by atoms with Crippen molar-refractivity contribution in [2.45, 2.75) is 37.1 Å². The molecule has 1 unspecified atom stereocenters. The molecule has 1 aliphatic heterocycles. The highest BCUT2D eigenvalue weighted by Crippen LogP contribution is 2.26. The lowest BCUT2D eigenvalue weighted by Crippen LogP contribution is -2.47. The third-order valence-electron chi connectivity index (χ3n) is 3.76. The Balaban J connectivity index is 2.34. The fourth-order valence-electron chi connectivity index (χ4n) is 2.60. The van der Waals surface area contributed by atoms with Crippen LogP contribution in [0.2, 0.25) is 0 Å². The minimum absolute atomic E-state index is 0.0450. The average molecular weight is 300 g/mol. The van der Waals surface area contributed by atoms with Crippen LogP contribution in [-0.2, 0) is 10.0 Å². The van der Waals surface area contributed by atoms with Crippen LogP contribution in [0.4, 0.5) is 4.39 Å². The smallest absolute Gasteiger partial charge is 0.243 e. The monoisotopic (exact) mass is 300 g/mol. The van der Waals surface area contributed by atoms with E-state index in [2.05, 4.69) is 5.32 Å². The standard InChI is InChI=1S/C14H21FN2O2S/c1-11-6-7-13(9-14(11)15)20(18,19)17-8-4-3-5-12(17)10-16-2/h6-7,9,12,16H,3-5,8,10H2,1-2H3. The van der Waals surface area contributed by atoms with E-state index in [0.29, 0.717) is 18.7 Å². The number of benzene rings is 1. The van der Waals surface area contributed by atoms with Crippen LogP contribution >= 0.6 is 0 Å². The molecule has 112 valence electrons. The summed E-state index contributed by atoms with van der Waals surface area (Å²) in [7, 11) is -1.81. The van der Waals surface area contributed by atoms with E-state index >= 15 is 0 Å². The molecule has 0 amide bonds. The summed E-state index contributed by atoms with van der Waals surface area (Å²) in [6, 6.07) is 4.07. The van der Waals surface area contributed by atoms with Crippen molar-refractivity contribution in [2.75, 3.05) is 20.1 Å². The Kier molecular flexibility index (Phi) is 4.78. The van der Waals surface area contributed by atoms with Gasteiger partial charge in [0.25, 0.3) is 0 Å². The van der Waals surface area contributed by atoms with Crippen molar-refractivity contribution in [3.8, 4) is 0 Å². The quantitative estimate of drug-likeness (QED) is 0.924. The minimum Gasteiger partial charge on any atom is -0.318 e. The first-order valence-corrected chi connectivity index (χ1v) is 8.33. The Morgan fingerprint density at radius 2 is 2.15 bits per heavy atom. The molecule has 0 bridgehead atoms. The van der Waals surface area contributed by atoms with Crippen molar-refractivity contribution in [2.24, 2.45) is 0 Å². The summed E-state index contributed by atoms with van der Waals surface area (Å²) < 4.78 is 40.5. The second-order valence-corrected chi connectivity index (χ2v) is 7.12. The number of halogens is 1. The molecule has 4 nitrogen and oxygen atoms in total. The van der Waals surface area contributed by atoms with Crippen molar-refractivity contribution >= 4 is 10.0 Å². The second kappa shape index (κ2) is 6.20. The lowest BCUT2D eigenvalue weighted by molar-refractivity contribution is 0.249. The Labute approximate surface area is 120 Å². The summed E-state index contributed by atoms with van der Waals surface area (Å²) >= 11 is 0. The Hall–Kier alpha value is -0.980. The maximum Gasteiger partial charge on any atom is 0.243 e. The highest BCUT2D eigenvalue weighted by molar-refractivity contribution is 7.89. The zero-order valence-electron chi connectivity index (χ0n) is 11.9. The van der Waals surface area contributed by atoms with Crippen LogP contribution in [0.15, 0.2) is 23.1 Å². The third kappa shape index (κ3) is 3.02. The predicted octanol–water partition coefficient (Wildman–Crippen LogP) is 1.90. The second-order valence-electron chi connectivity index (χ2n) is 5.23. The van der Waals surface area contributed by atoms with Crippen molar-refractivity contribution in [1.82, 2.24) is 9.62 Å². The summed E-state index contributed by atoms with van der Waals surface area (Å²) in [4.78, 5) is 0.0450. The van der Waals surface area contributed by atoms with Gasteiger partial charge in [-0.25, -0.2) is 12.8 Å². The number of hydrogen-bond acceptors (Lipinski definition) is 3. The average Bonchev–Trinajstić information content (AvgIpc) is 2.42. The van der Waals surface area contributed by atoms with Gasteiger partial charge in [-0.1, -0.05) is 12.5 Å². The van der Waals surface area contributed by atoms with Crippen LogP contribution in [0.25, 0.3) is 0 Å². The first-order chi connectivity index (χ1) is 9.46. The molecule has 2 rings (SSSR count). The Bertz CT molecular complexity index is 573. The van der Waals surface area contributed by atoms with E-state index in [0.717, 1.165) is 25.3 Å². The zero-order chi connectivity index (χ0) is 14.8. The SMILES string of the molecule is CNCC1CCCCN1S(=O)(=O)c1ccc(C)c(F)c1. The minimum atomic E-state index is -3.62. The molecule has 0 aliphatic carbocycles. The van der Waals surface area contributed by atoms with Crippen LogP contribution in [0.1, 0.15) is 24.8 Å². The van der Waals surface area contributed by atoms with Gasteiger partial charge in [-0.3, -0.25) is 0 Å². The fourth-order valence-corrected chi connectivity index (χ4v) is 4.30. The van der Waals surface area contributed by atoms with Gasteiger partial charge in [0.05, 0.1) is 4.90 Å². The molecular formula is C14H21FN2O2S. The topological polar surface area (TPSA) is 49.4 Å². The van der Waals surface area contributed by atoms with Gasteiger partial charge in [0.2, 0.25) is 10.0 Å². The summed E-state index contributed by atoms with van der Waals surface area (Å²) in [6.45, 7) is 2.74. The largest absolute Gasteiger partial charge is 0.318 e. The van der Waals surface area contributed by atoms with Crippen LogP contribution in [0.3, 0.4) is 0 Å². The van der Waals surface area contributed by atoms with E-state index in [1.807, 2.05) is 7.05 Å². The summed E-state index contributed by atoms with van der Waals surface area (Å²) in [5, 5.41) is 3.03. The molecule has 20 heavy (non-hydrogen) atoms. The number of rotatable bonds is 4. The van der Waals surface area contributed by atoms with Gasteiger partial charge in [0, 0.05) is 19.1 Å². The maximum atomic E-state index is 13.6. The highest BCUT2D eigenvalue weighted by atomic mass is 32.2. The molecule has 0 radical (unpaired) electrons.